The molecule has 26 heavy (non-hydrogen) atoms. The Morgan fingerprint density at radius 1 is 1.04 bits per heavy atom. The van der Waals surface area contributed by atoms with Crippen molar-refractivity contribution >= 4 is 21.8 Å². The van der Waals surface area contributed by atoms with Gasteiger partial charge in [-0.2, -0.15) is 0 Å². The molecular weight excluding hydrogens is 361 g/mol. The molecule has 2 aromatic carbocycles. The summed E-state index contributed by atoms with van der Waals surface area (Å²) in [5.74, 6) is -1.31. The number of nitrogens with zero attached hydrogens (tertiary/aromatic N) is 2. The number of rotatable bonds is 6. The molecule has 0 saturated heterocycles. The van der Waals surface area contributed by atoms with Crippen LogP contribution in [0.15, 0.2) is 63.9 Å². The van der Waals surface area contributed by atoms with E-state index in [4.69, 9.17) is 4.42 Å². The van der Waals surface area contributed by atoms with Crippen LogP contribution in [0.25, 0.3) is 11.5 Å². The second-order valence-electron chi connectivity index (χ2n) is 5.35. The van der Waals surface area contributed by atoms with Gasteiger partial charge in [-0.15, -0.1) is 5.10 Å². The van der Waals surface area contributed by atoms with Gasteiger partial charge in [0.05, 0.1) is 10.6 Å². The fourth-order valence-corrected chi connectivity index (χ4v) is 3.38. The normalized spacial score (nSPS) is 11.3. The third kappa shape index (κ3) is 4.31. The lowest BCUT2D eigenvalue weighted by molar-refractivity contribution is -0.115. The summed E-state index contributed by atoms with van der Waals surface area (Å²) >= 11 is 0. The van der Waals surface area contributed by atoms with Crippen LogP contribution in [-0.2, 0) is 14.6 Å². The van der Waals surface area contributed by atoms with Crippen molar-refractivity contribution in [1.82, 2.24) is 10.2 Å². The van der Waals surface area contributed by atoms with Crippen LogP contribution >= 0.6 is 0 Å². The first-order valence-electron chi connectivity index (χ1n) is 7.61. The second kappa shape index (κ2) is 7.44. The van der Waals surface area contributed by atoms with Crippen LogP contribution in [0.3, 0.4) is 0 Å². The molecule has 0 aliphatic carbocycles. The average molecular weight is 375 g/mol. The molecule has 3 aromatic rings. The number of hydrogen-bond acceptors (Lipinski definition) is 6. The molecule has 9 heteroatoms. The van der Waals surface area contributed by atoms with Gasteiger partial charge < -0.3 is 4.42 Å². The molecule has 134 valence electrons. The molecule has 1 amide bonds. The van der Waals surface area contributed by atoms with E-state index in [1.807, 2.05) is 6.07 Å². The van der Waals surface area contributed by atoms with Crippen LogP contribution in [0.1, 0.15) is 6.42 Å². The van der Waals surface area contributed by atoms with Crippen molar-refractivity contribution in [1.29, 1.82) is 0 Å². The van der Waals surface area contributed by atoms with Crippen LogP contribution in [0.2, 0.25) is 0 Å². The minimum Gasteiger partial charge on any atom is -0.403 e. The fraction of sp³-hybridized carbons (Fsp3) is 0.118. The summed E-state index contributed by atoms with van der Waals surface area (Å²) in [5.41, 5.74) is 0.694. The van der Waals surface area contributed by atoms with Crippen molar-refractivity contribution in [2.45, 2.75) is 11.3 Å². The van der Waals surface area contributed by atoms with E-state index in [1.165, 1.54) is 0 Å². The smallest absolute Gasteiger partial charge is 0.322 e. The molecule has 1 aromatic heterocycles. The van der Waals surface area contributed by atoms with E-state index < -0.39 is 27.3 Å². The van der Waals surface area contributed by atoms with Crippen molar-refractivity contribution in [3.8, 4) is 11.5 Å². The van der Waals surface area contributed by atoms with Crippen LogP contribution in [0.5, 0.6) is 0 Å². The number of carbonyl (C=O) groups excluding carboxylic acids is 1. The molecule has 1 N–H and O–H groups in total. The van der Waals surface area contributed by atoms with Gasteiger partial charge in [-0.1, -0.05) is 23.3 Å². The maximum absolute atomic E-state index is 12.9. The molecule has 7 nitrogen and oxygen atoms in total. The van der Waals surface area contributed by atoms with Crippen molar-refractivity contribution in [2.75, 3.05) is 11.1 Å². The van der Waals surface area contributed by atoms with Gasteiger partial charge in [0.2, 0.25) is 11.8 Å². The highest BCUT2D eigenvalue weighted by Crippen LogP contribution is 2.19. The third-order valence-corrected chi connectivity index (χ3v) is 5.19. The maximum Gasteiger partial charge on any atom is 0.322 e. The molecule has 0 bridgehead atoms. The first-order valence-corrected chi connectivity index (χ1v) is 9.26. The lowest BCUT2D eigenvalue weighted by Gasteiger charge is -2.04. The number of hydrogen-bond donors (Lipinski definition) is 1. The summed E-state index contributed by atoms with van der Waals surface area (Å²) in [6.45, 7) is 0. The number of sulfone groups is 1. The number of aromatic nitrogens is 2. The zero-order valence-corrected chi connectivity index (χ0v) is 14.2. The topological polar surface area (TPSA) is 102 Å². The van der Waals surface area contributed by atoms with Gasteiger partial charge >= 0.3 is 6.01 Å². The zero-order chi connectivity index (χ0) is 18.6. The predicted molar refractivity (Wildman–Crippen MR) is 91.4 cm³/mol. The summed E-state index contributed by atoms with van der Waals surface area (Å²) in [6.07, 6.45) is -0.303. The second-order valence-corrected chi connectivity index (χ2v) is 7.46. The van der Waals surface area contributed by atoms with E-state index in [0.29, 0.717) is 5.56 Å². The number of carbonyl (C=O) groups is 1. The largest absolute Gasteiger partial charge is 0.403 e. The number of nitrogens with one attached hydrogen (secondary N) is 1. The summed E-state index contributed by atoms with van der Waals surface area (Å²) in [6, 6.07) is 13.3. The van der Waals surface area contributed by atoms with Gasteiger partial charge in [-0.25, -0.2) is 12.8 Å². The van der Waals surface area contributed by atoms with Gasteiger partial charge in [-0.05, 0) is 36.4 Å². The quantitative estimate of drug-likeness (QED) is 0.665. The minimum absolute atomic E-state index is 0.0455. The van der Waals surface area contributed by atoms with Crippen molar-refractivity contribution in [2.24, 2.45) is 0 Å². The summed E-state index contributed by atoms with van der Waals surface area (Å²) in [4.78, 5) is 11.9. The molecule has 3 rings (SSSR count). The summed E-state index contributed by atoms with van der Waals surface area (Å²) < 4.78 is 42.5. The van der Waals surface area contributed by atoms with Crippen LogP contribution in [0, 0.1) is 5.82 Å². The first-order chi connectivity index (χ1) is 12.4. The molecule has 0 atom stereocenters. The van der Waals surface area contributed by atoms with Crippen LogP contribution in [0.4, 0.5) is 10.4 Å². The molecule has 0 spiro atoms. The number of halogens is 1. The number of benzene rings is 2. The zero-order valence-electron chi connectivity index (χ0n) is 13.4. The van der Waals surface area contributed by atoms with Crippen LogP contribution in [-0.4, -0.2) is 30.3 Å². The van der Waals surface area contributed by atoms with E-state index in [9.17, 15) is 17.6 Å². The Morgan fingerprint density at radius 3 is 2.42 bits per heavy atom. The number of amides is 1. The Hall–Kier alpha value is -3.07. The fourth-order valence-electron chi connectivity index (χ4n) is 2.14. The molecule has 0 aliphatic heterocycles. The highest BCUT2D eigenvalue weighted by Gasteiger charge is 2.18. The maximum atomic E-state index is 12.9. The Bertz CT molecular complexity index is 1000. The highest BCUT2D eigenvalue weighted by atomic mass is 32.2. The van der Waals surface area contributed by atoms with E-state index in [1.54, 1.807) is 24.3 Å². The molecule has 0 aliphatic rings. The van der Waals surface area contributed by atoms with Crippen molar-refractivity contribution < 1.29 is 22.0 Å². The average Bonchev–Trinajstić information content (AvgIpc) is 3.10. The van der Waals surface area contributed by atoms with E-state index in [-0.39, 0.29) is 23.2 Å². The molecule has 1 heterocycles. The Morgan fingerprint density at radius 2 is 1.73 bits per heavy atom. The molecule has 0 saturated carbocycles. The van der Waals surface area contributed by atoms with Crippen molar-refractivity contribution in [3.05, 3.63) is 60.4 Å². The van der Waals surface area contributed by atoms with Gasteiger partial charge in [-0.3, -0.25) is 10.1 Å². The Balaban J connectivity index is 1.59. The van der Waals surface area contributed by atoms with Gasteiger partial charge in [0.1, 0.15) is 5.82 Å². The number of anilines is 1. The monoisotopic (exact) mass is 375 g/mol. The minimum atomic E-state index is -3.70. The standard InChI is InChI=1S/C17H14FN3O4S/c18-13-6-8-14(9-7-13)26(23,24)11-10-15(22)19-17-21-20-16(25-17)12-4-2-1-3-5-12/h1-9H,10-11H2,(H,19,21,22). The molecule has 0 fully saturated rings. The summed E-state index contributed by atoms with van der Waals surface area (Å²) in [7, 11) is -3.70. The van der Waals surface area contributed by atoms with E-state index >= 15 is 0 Å². The highest BCUT2D eigenvalue weighted by molar-refractivity contribution is 7.91. The molecule has 0 unspecified atom stereocenters. The Labute approximate surface area is 148 Å². The molecular formula is C17H14FN3O4S. The lowest BCUT2D eigenvalue weighted by atomic mass is 10.2. The van der Waals surface area contributed by atoms with Gasteiger partial charge in [0.25, 0.3) is 0 Å². The Kier molecular flexibility index (Phi) is 5.08. The predicted octanol–water partition coefficient (Wildman–Crippen LogP) is 2.68. The van der Waals surface area contributed by atoms with Gasteiger partial charge in [0, 0.05) is 12.0 Å². The molecule has 0 radical (unpaired) electrons. The van der Waals surface area contributed by atoms with Gasteiger partial charge in [0.15, 0.2) is 9.84 Å². The van der Waals surface area contributed by atoms with Crippen LogP contribution < -0.4 is 5.32 Å². The SMILES string of the molecule is O=C(CCS(=O)(=O)c1ccc(F)cc1)Nc1nnc(-c2ccccc2)o1. The third-order valence-electron chi connectivity index (χ3n) is 3.46. The van der Waals surface area contributed by atoms with E-state index in [2.05, 4.69) is 15.5 Å². The first kappa shape index (κ1) is 17.7. The van der Waals surface area contributed by atoms with Crippen molar-refractivity contribution in [3.63, 3.8) is 0 Å². The van der Waals surface area contributed by atoms with E-state index in [0.717, 1.165) is 24.3 Å². The summed E-state index contributed by atoms with van der Waals surface area (Å²) in [5, 5.41) is 9.89. The lowest BCUT2D eigenvalue weighted by Crippen LogP contribution is -2.17.